The van der Waals surface area contributed by atoms with Gasteiger partial charge in [-0.15, -0.1) is 12.4 Å². The molecule has 2 aliphatic heterocycles. The number of halogens is 1. The van der Waals surface area contributed by atoms with Crippen molar-refractivity contribution in [3.8, 4) is 0 Å². The Morgan fingerprint density at radius 3 is 2.55 bits per heavy atom. The van der Waals surface area contributed by atoms with Crippen LogP contribution in [0.4, 0.5) is 11.4 Å². The highest BCUT2D eigenvalue weighted by Gasteiger charge is 2.28. The van der Waals surface area contributed by atoms with Crippen LogP contribution in [-0.2, 0) is 22.4 Å². The highest BCUT2D eigenvalue weighted by Crippen LogP contribution is 2.27. The van der Waals surface area contributed by atoms with Gasteiger partial charge >= 0.3 is 0 Å². The van der Waals surface area contributed by atoms with E-state index in [9.17, 15) is 9.59 Å². The van der Waals surface area contributed by atoms with Gasteiger partial charge in [0, 0.05) is 23.8 Å². The molecule has 2 aliphatic rings. The number of hydrogen-bond acceptors (Lipinski definition) is 3. The van der Waals surface area contributed by atoms with E-state index in [1.807, 2.05) is 54.3 Å². The van der Waals surface area contributed by atoms with E-state index < -0.39 is 0 Å². The van der Waals surface area contributed by atoms with Gasteiger partial charge in [0.1, 0.15) is 0 Å². The van der Waals surface area contributed by atoms with Gasteiger partial charge in [-0.1, -0.05) is 37.3 Å². The number of benzene rings is 2. The van der Waals surface area contributed by atoms with Crippen molar-refractivity contribution in [2.45, 2.75) is 26.2 Å². The van der Waals surface area contributed by atoms with Crippen molar-refractivity contribution >= 4 is 35.6 Å². The van der Waals surface area contributed by atoms with Crippen LogP contribution in [0.2, 0.25) is 0 Å². The number of anilines is 2. The smallest absolute Gasteiger partial charge is 0.231 e. The first kappa shape index (κ1) is 21.3. The molecule has 0 aliphatic carbocycles. The van der Waals surface area contributed by atoms with E-state index in [2.05, 4.69) is 16.7 Å². The van der Waals surface area contributed by atoms with Crippen molar-refractivity contribution in [3.05, 3.63) is 59.7 Å². The molecule has 2 N–H and O–H groups in total. The summed E-state index contributed by atoms with van der Waals surface area (Å²) >= 11 is 0. The molecule has 0 bridgehead atoms. The Hall–Kier alpha value is -2.37. The SMILES string of the molecule is CC(C(=O)Nc1ccc(CC(=O)N2CCCc3ccccc32)cc1)C1CNC1.Cl. The van der Waals surface area contributed by atoms with Crippen LogP contribution in [0.25, 0.3) is 0 Å². The number of nitrogens with zero attached hydrogens (tertiary/aromatic N) is 1. The van der Waals surface area contributed by atoms with Crippen LogP contribution < -0.4 is 15.5 Å². The fourth-order valence-electron chi connectivity index (χ4n) is 3.90. The summed E-state index contributed by atoms with van der Waals surface area (Å²) in [5.74, 6) is 0.598. The molecule has 1 saturated heterocycles. The third-order valence-electron chi connectivity index (χ3n) is 5.92. The Labute approximate surface area is 178 Å². The van der Waals surface area contributed by atoms with Gasteiger partial charge in [-0.2, -0.15) is 0 Å². The first-order chi connectivity index (χ1) is 13.6. The summed E-state index contributed by atoms with van der Waals surface area (Å²) in [6.45, 7) is 4.58. The second-order valence-corrected chi connectivity index (χ2v) is 7.85. The summed E-state index contributed by atoms with van der Waals surface area (Å²) in [6, 6.07) is 15.8. The molecule has 2 aromatic rings. The summed E-state index contributed by atoms with van der Waals surface area (Å²) < 4.78 is 0. The molecule has 0 aromatic heterocycles. The maximum Gasteiger partial charge on any atom is 0.231 e. The fraction of sp³-hybridized carbons (Fsp3) is 0.391. The van der Waals surface area contributed by atoms with Crippen LogP contribution in [0.1, 0.15) is 24.5 Å². The molecule has 0 radical (unpaired) electrons. The van der Waals surface area contributed by atoms with E-state index in [4.69, 9.17) is 0 Å². The number of fused-ring (bicyclic) bond motifs is 1. The molecule has 2 amide bonds. The standard InChI is InChI=1S/C23H27N3O2.ClH/c1-16(19-14-24-15-19)23(28)25-20-10-8-17(9-11-20)13-22(27)26-12-4-6-18-5-2-3-7-21(18)26;/h2-3,5,7-11,16,19,24H,4,6,12-15H2,1H3,(H,25,28);1H. The molecule has 1 atom stereocenters. The van der Waals surface area contributed by atoms with Gasteiger partial charge in [0.05, 0.1) is 6.42 Å². The topological polar surface area (TPSA) is 61.4 Å². The van der Waals surface area contributed by atoms with Crippen molar-refractivity contribution in [2.75, 3.05) is 29.9 Å². The highest BCUT2D eigenvalue weighted by atomic mass is 35.5. The van der Waals surface area contributed by atoms with Crippen molar-refractivity contribution in [2.24, 2.45) is 11.8 Å². The lowest BCUT2D eigenvalue weighted by molar-refractivity contribution is -0.121. The van der Waals surface area contributed by atoms with Gasteiger partial charge in [-0.25, -0.2) is 0 Å². The van der Waals surface area contributed by atoms with E-state index in [-0.39, 0.29) is 30.1 Å². The van der Waals surface area contributed by atoms with Crippen molar-refractivity contribution in [1.29, 1.82) is 0 Å². The second kappa shape index (κ2) is 9.42. The number of rotatable bonds is 5. The lowest BCUT2D eigenvalue weighted by atomic mass is 9.88. The van der Waals surface area contributed by atoms with Crippen molar-refractivity contribution in [3.63, 3.8) is 0 Å². The summed E-state index contributed by atoms with van der Waals surface area (Å²) in [6.07, 6.45) is 2.40. The molecule has 2 aromatic carbocycles. The van der Waals surface area contributed by atoms with Gasteiger partial charge in [0.2, 0.25) is 11.8 Å². The molecule has 2 heterocycles. The summed E-state index contributed by atoms with van der Waals surface area (Å²) in [5, 5.41) is 6.19. The van der Waals surface area contributed by atoms with E-state index in [0.29, 0.717) is 12.3 Å². The molecule has 0 spiro atoms. The predicted molar refractivity (Wildman–Crippen MR) is 119 cm³/mol. The van der Waals surface area contributed by atoms with E-state index in [1.165, 1.54) is 5.56 Å². The molecule has 29 heavy (non-hydrogen) atoms. The number of hydrogen-bond donors (Lipinski definition) is 2. The number of carbonyl (C=O) groups excluding carboxylic acids is 2. The first-order valence-electron chi connectivity index (χ1n) is 10.1. The first-order valence-corrected chi connectivity index (χ1v) is 10.1. The van der Waals surface area contributed by atoms with Gasteiger partial charge in [-0.05, 0) is 61.2 Å². The maximum absolute atomic E-state index is 12.8. The molecule has 154 valence electrons. The largest absolute Gasteiger partial charge is 0.326 e. The van der Waals surface area contributed by atoms with Gasteiger partial charge in [0.25, 0.3) is 0 Å². The molecule has 4 rings (SSSR count). The van der Waals surface area contributed by atoms with Crippen LogP contribution in [0.15, 0.2) is 48.5 Å². The summed E-state index contributed by atoms with van der Waals surface area (Å²) in [4.78, 5) is 27.1. The number of aryl methyl sites for hydroxylation is 1. The highest BCUT2D eigenvalue weighted by molar-refractivity contribution is 5.96. The Balaban J connectivity index is 0.00000240. The lowest BCUT2D eigenvalue weighted by Gasteiger charge is -2.31. The maximum atomic E-state index is 12.8. The van der Waals surface area contributed by atoms with E-state index in [0.717, 1.165) is 49.4 Å². The molecule has 1 fully saturated rings. The average molecular weight is 414 g/mol. The third-order valence-corrected chi connectivity index (χ3v) is 5.92. The normalized spacial score (nSPS) is 16.8. The van der Waals surface area contributed by atoms with Gasteiger partial charge < -0.3 is 15.5 Å². The second-order valence-electron chi connectivity index (χ2n) is 7.85. The Bertz CT molecular complexity index is 865. The van der Waals surface area contributed by atoms with E-state index in [1.54, 1.807) is 0 Å². The summed E-state index contributed by atoms with van der Waals surface area (Å²) in [5.41, 5.74) is 4.03. The van der Waals surface area contributed by atoms with Crippen LogP contribution in [0, 0.1) is 11.8 Å². The monoisotopic (exact) mass is 413 g/mol. The summed E-state index contributed by atoms with van der Waals surface area (Å²) in [7, 11) is 0. The molecular formula is C23H28ClN3O2. The number of amides is 2. The van der Waals surface area contributed by atoms with Gasteiger partial charge in [0.15, 0.2) is 0 Å². The van der Waals surface area contributed by atoms with Crippen LogP contribution in [0.3, 0.4) is 0 Å². The Morgan fingerprint density at radius 1 is 1.14 bits per heavy atom. The Morgan fingerprint density at radius 2 is 1.86 bits per heavy atom. The number of para-hydroxylation sites is 1. The zero-order valence-electron chi connectivity index (χ0n) is 16.7. The molecule has 0 saturated carbocycles. The minimum atomic E-state index is 0. The predicted octanol–water partition coefficient (Wildman–Crippen LogP) is 3.42. The molecular weight excluding hydrogens is 386 g/mol. The fourth-order valence-corrected chi connectivity index (χ4v) is 3.90. The van der Waals surface area contributed by atoms with Crippen molar-refractivity contribution < 1.29 is 9.59 Å². The zero-order valence-corrected chi connectivity index (χ0v) is 17.5. The minimum Gasteiger partial charge on any atom is -0.326 e. The number of nitrogens with one attached hydrogen (secondary N) is 2. The quantitative estimate of drug-likeness (QED) is 0.789. The van der Waals surface area contributed by atoms with Crippen LogP contribution in [0.5, 0.6) is 0 Å². The third kappa shape index (κ3) is 4.80. The Kier molecular flexibility index (Phi) is 6.93. The number of carbonyl (C=O) groups is 2. The molecule has 6 heteroatoms. The van der Waals surface area contributed by atoms with Crippen molar-refractivity contribution in [1.82, 2.24) is 5.32 Å². The van der Waals surface area contributed by atoms with E-state index >= 15 is 0 Å². The zero-order chi connectivity index (χ0) is 19.5. The van der Waals surface area contributed by atoms with Crippen LogP contribution >= 0.6 is 12.4 Å². The average Bonchev–Trinajstić information content (AvgIpc) is 2.67. The molecule has 1 unspecified atom stereocenters. The molecule has 5 nitrogen and oxygen atoms in total. The van der Waals surface area contributed by atoms with Gasteiger partial charge in [-0.3, -0.25) is 9.59 Å². The minimum absolute atomic E-state index is 0. The lowest BCUT2D eigenvalue weighted by Crippen LogP contribution is -2.48. The van der Waals surface area contributed by atoms with Crippen LogP contribution in [-0.4, -0.2) is 31.4 Å².